The van der Waals surface area contributed by atoms with Gasteiger partial charge < -0.3 is 16.4 Å². The van der Waals surface area contributed by atoms with E-state index in [-0.39, 0.29) is 5.91 Å². The molecular weight excluding hydrogens is 266 g/mol. The van der Waals surface area contributed by atoms with Crippen LogP contribution in [-0.4, -0.2) is 22.7 Å². The highest BCUT2D eigenvalue weighted by Gasteiger charge is 2.08. The number of carbonyl (C=O) groups is 1. The van der Waals surface area contributed by atoms with E-state index in [1.54, 1.807) is 19.2 Å². The van der Waals surface area contributed by atoms with Crippen LogP contribution in [0.15, 0.2) is 24.4 Å². The molecule has 0 bridgehead atoms. The minimum Gasteiger partial charge on any atom is -0.397 e. The topological polar surface area (TPSA) is 85.0 Å². The molecule has 112 valence electrons. The molecule has 0 radical (unpaired) electrons. The zero-order valence-electron chi connectivity index (χ0n) is 12.6. The number of carbonyl (C=O) groups excluding carboxylic acids is 1. The van der Waals surface area contributed by atoms with E-state index in [4.69, 9.17) is 5.73 Å². The van der Waals surface area contributed by atoms with E-state index in [0.717, 1.165) is 23.4 Å². The lowest BCUT2D eigenvalue weighted by Gasteiger charge is -2.10. The zero-order chi connectivity index (χ0) is 15.4. The number of hydrogen-bond acceptors (Lipinski definition) is 4. The predicted octanol–water partition coefficient (Wildman–Crippen LogP) is 1.54. The molecule has 21 heavy (non-hydrogen) atoms. The van der Waals surface area contributed by atoms with Gasteiger partial charge in [-0.1, -0.05) is 6.92 Å². The number of nitrogens with one attached hydrogen (secondary N) is 2. The Labute approximate surface area is 124 Å². The van der Waals surface area contributed by atoms with Gasteiger partial charge in [-0.05, 0) is 24.6 Å². The lowest BCUT2D eigenvalue weighted by atomic mass is 10.1. The fourth-order valence-electron chi connectivity index (χ4n) is 2.23. The van der Waals surface area contributed by atoms with Gasteiger partial charge in [0.2, 0.25) is 0 Å². The first-order valence-corrected chi connectivity index (χ1v) is 6.92. The van der Waals surface area contributed by atoms with Crippen molar-refractivity contribution in [3.8, 4) is 0 Å². The van der Waals surface area contributed by atoms with E-state index >= 15 is 0 Å². The van der Waals surface area contributed by atoms with Gasteiger partial charge >= 0.3 is 0 Å². The summed E-state index contributed by atoms with van der Waals surface area (Å²) in [5, 5.41) is 10.3. The number of hydrogen-bond donors (Lipinski definition) is 3. The minimum absolute atomic E-state index is 0.145. The Morgan fingerprint density at radius 1 is 1.43 bits per heavy atom. The van der Waals surface area contributed by atoms with Crippen molar-refractivity contribution in [2.75, 3.05) is 18.1 Å². The van der Waals surface area contributed by atoms with Gasteiger partial charge in [-0.3, -0.25) is 9.48 Å². The smallest absolute Gasteiger partial charge is 0.251 e. The third-order valence-electron chi connectivity index (χ3n) is 3.34. The lowest BCUT2D eigenvalue weighted by Crippen LogP contribution is -2.18. The Bertz CT molecular complexity index is 648. The van der Waals surface area contributed by atoms with Gasteiger partial charge in [-0.15, -0.1) is 0 Å². The Morgan fingerprint density at radius 2 is 2.19 bits per heavy atom. The summed E-state index contributed by atoms with van der Waals surface area (Å²) in [6.45, 7) is 2.74. The van der Waals surface area contributed by atoms with Crippen molar-refractivity contribution < 1.29 is 4.79 Å². The highest BCUT2D eigenvalue weighted by molar-refractivity contribution is 5.95. The highest BCUT2D eigenvalue weighted by Crippen LogP contribution is 2.21. The van der Waals surface area contributed by atoms with Gasteiger partial charge in [-0.2, -0.15) is 5.10 Å². The van der Waals surface area contributed by atoms with Crippen LogP contribution >= 0.6 is 0 Å². The molecule has 0 aliphatic heterocycles. The summed E-state index contributed by atoms with van der Waals surface area (Å²) in [4.78, 5) is 11.5. The molecule has 1 heterocycles. The maximum Gasteiger partial charge on any atom is 0.251 e. The summed E-state index contributed by atoms with van der Waals surface area (Å²) in [7, 11) is 3.51. The number of aromatic nitrogens is 2. The molecule has 0 saturated carbocycles. The quantitative estimate of drug-likeness (QED) is 0.728. The van der Waals surface area contributed by atoms with Crippen molar-refractivity contribution in [2.45, 2.75) is 19.9 Å². The third-order valence-corrected chi connectivity index (χ3v) is 3.34. The first-order chi connectivity index (χ1) is 10.0. The van der Waals surface area contributed by atoms with Gasteiger partial charge in [0.25, 0.3) is 5.91 Å². The molecule has 1 amide bonds. The van der Waals surface area contributed by atoms with Crippen molar-refractivity contribution in [1.29, 1.82) is 0 Å². The number of anilines is 2. The molecule has 2 rings (SSSR count). The summed E-state index contributed by atoms with van der Waals surface area (Å²) >= 11 is 0. The van der Waals surface area contributed by atoms with Crippen LogP contribution in [-0.2, 0) is 20.0 Å². The summed E-state index contributed by atoms with van der Waals surface area (Å²) < 4.78 is 1.81. The molecule has 0 unspecified atom stereocenters. The van der Waals surface area contributed by atoms with Crippen LogP contribution in [0.4, 0.5) is 11.4 Å². The Balaban J connectivity index is 2.11. The zero-order valence-corrected chi connectivity index (χ0v) is 12.6. The number of nitrogens with zero attached hydrogens (tertiary/aromatic N) is 2. The predicted molar refractivity (Wildman–Crippen MR) is 84.2 cm³/mol. The molecule has 4 N–H and O–H groups in total. The number of amides is 1. The third kappa shape index (κ3) is 3.34. The molecule has 0 spiro atoms. The van der Waals surface area contributed by atoms with Gasteiger partial charge in [0.15, 0.2) is 0 Å². The molecular formula is C15H21N5O. The average molecular weight is 287 g/mol. The van der Waals surface area contributed by atoms with Crippen molar-refractivity contribution in [3.05, 3.63) is 41.2 Å². The second kappa shape index (κ2) is 6.30. The number of nitrogens with two attached hydrogens (primary N) is 1. The number of benzene rings is 1. The molecule has 1 aromatic heterocycles. The van der Waals surface area contributed by atoms with E-state index in [9.17, 15) is 4.79 Å². The number of nitrogen functional groups attached to an aromatic ring is 1. The molecule has 6 nitrogen and oxygen atoms in total. The van der Waals surface area contributed by atoms with E-state index in [0.29, 0.717) is 17.8 Å². The van der Waals surface area contributed by atoms with E-state index in [1.165, 1.54) is 0 Å². The molecule has 6 heteroatoms. The van der Waals surface area contributed by atoms with Crippen LogP contribution in [0.2, 0.25) is 0 Å². The van der Waals surface area contributed by atoms with Crippen LogP contribution in [0.25, 0.3) is 0 Å². The van der Waals surface area contributed by atoms with E-state index in [2.05, 4.69) is 22.7 Å². The second-order valence-electron chi connectivity index (χ2n) is 4.86. The maximum absolute atomic E-state index is 11.5. The van der Waals surface area contributed by atoms with Crippen LogP contribution in [0.1, 0.15) is 28.5 Å². The molecule has 0 aliphatic rings. The molecule has 0 aliphatic carbocycles. The fourth-order valence-corrected chi connectivity index (χ4v) is 2.23. The van der Waals surface area contributed by atoms with Gasteiger partial charge in [0.1, 0.15) is 0 Å². The molecule has 1 aromatic carbocycles. The highest BCUT2D eigenvalue weighted by atomic mass is 16.1. The molecule has 0 saturated heterocycles. The second-order valence-corrected chi connectivity index (χ2v) is 4.86. The molecule has 0 atom stereocenters. The standard InChI is InChI=1S/C15H21N5O/c1-4-13-11(9-20(3)19-13)8-18-14-6-5-10(7-12(14)16)15(21)17-2/h5-7,9,18H,4,8,16H2,1-3H3,(H,17,21). The lowest BCUT2D eigenvalue weighted by molar-refractivity contribution is 0.0963. The largest absolute Gasteiger partial charge is 0.397 e. The molecule has 0 fully saturated rings. The summed E-state index contributed by atoms with van der Waals surface area (Å²) in [6, 6.07) is 5.24. The first-order valence-electron chi connectivity index (χ1n) is 6.92. The van der Waals surface area contributed by atoms with E-state index in [1.807, 2.05) is 24.0 Å². The van der Waals surface area contributed by atoms with E-state index < -0.39 is 0 Å². The van der Waals surface area contributed by atoms with Crippen LogP contribution < -0.4 is 16.4 Å². The van der Waals surface area contributed by atoms with Gasteiger partial charge in [0, 0.05) is 38.0 Å². The van der Waals surface area contributed by atoms with Crippen LogP contribution in [0, 0.1) is 0 Å². The minimum atomic E-state index is -0.145. The first kappa shape index (κ1) is 14.9. The normalized spacial score (nSPS) is 10.4. The van der Waals surface area contributed by atoms with Gasteiger partial charge in [0.05, 0.1) is 17.1 Å². The Kier molecular flexibility index (Phi) is 4.47. The SMILES string of the molecule is CCc1nn(C)cc1CNc1ccc(C(=O)NC)cc1N. The van der Waals surface area contributed by atoms with Crippen LogP contribution in [0.5, 0.6) is 0 Å². The Morgan fingerprint density at radius 3 is 2.81 bits per heavy atom. The van der Waals surface area contributed by atoms with Crippen LogP contribution in [0.3, 0.4) is 0 Å². The Hall–Kier alpha value is -2.50. The number of aryl methyl sites for hydroxylation is 2. The van der Waals surface area contributed by atoms with Crippen molar-refractivity contribution in [3.63, 3.8) is 0 Å². The number of rotatable bonds is 5. The maximum atomic E-state index is 11.5. The summed E-state index contributed by atoms with van der Waals surface area (Å²) in [5.74, 6) is -0.145. The monoisotopic (exact) mass is 287 g/mol. The van der Waals surface area contributed by atoms with Gasteiger partial charge in [-0.25, -0.2) is 0 Å². The summed E-state index contributed by atoms with van der Waals surface area (Å²) in [6.07, 6.45) is 2.89. The molecule has 2 aromatic rings. The van der Waals surface area contributed by atoms with Crippen molar-refractivity contribution >= 4 is 17.3 Å². The fraction of sp³-hybridized carbons (Fsp3) is 0.333. The van der Waals surface area contributed by atoms with Crippen molar-refractivity contribution in [1.82, 2.24) is 15.1 Å². The summed E-state index contributed by atoms with van der Waals surface area (Å²) in [5.41, 5.74) is 10.1. The average Bonchev–Trinajstić information content (AvgIpc) is 2.85. The van der Waals surface area contributed by atoms with Crippen molar-refractivity contribution in [2.24, 2.45) is 7.05 Å².